The number of carboxylic acids is 1. The van der Waals surface area contributed by atoms with Crippen molar-refractivity contribution >= 4 is 29.0 Å². The second kappa shape index (κ2) is 8.88. The first-order valence-electron chi connectivity index (χ1n) is 9.91. The molecular formula is C25H20N2O6. The zero-order valence-corrected chi connectivity index (χ0v) is 17.9. The fraction of sp³-hybridized carbons (Fsp3) is 0.0800. The molecule has 0 radical (unpaired) electrons. The number of rotatable bonds is 6. The highest BCUT2D eigenvalue weighted by atomic mass is 16.5. The monoisotopic (exact) mass is 444 g/mol. The van der Waals surface area contributed by atoms with Crippen molar-refractivity contribution in [1.29, 1.82) is 0 Å². The summed E-state index contributed by atoms with van der Waals surface area (Å²) in [5, 5.41) is 19.8. The Morgan fingerprint density at radius 1 is 0.970 bits per heavy atom. The minimum atomic E-state index is -1.05. The van der Waals surface area contributed by atoms with Crippen molar-refractivity contribution in [2.45, 2.75) is 0 Å². The lowest BCUT2D eigenvalue weighted by atomic mass is 10.1. The quantitative estimate of drug-likeness (QED) is 0.463. The number of hydrogen-bond acceptors (Lipinski definition) is 6. The van der Waals surface area contributed by atoms with Gasteiger partial charge in [0.15, 0.2) is 11.5 Å². The summed E-state index contributed by atoms with van der Waals surface area (Å²) in [5.41, 5.74) is 1.48. The molecule has 0 unspecified atom stereocenters. The van der Waals surface area contributed by atoms with E-state index in [1.54, 1.807) is 60.7 Å². The number of nitrogens with zero attached hydrogens (tertiary/aromatic N) is 2. The first kappa shape index (κ1) is 21.6. The number of carbonyl (C=O) groups is 1. The van der Waals surface area contributed by atoms with Crippen LogP contribution < -0.4 is 15.0 Å². The van der Waals surface area contributed by atoms with Gasteiger partial charge < -0.3 is 19.7 Å². The molecule has 1 aromatic heterocycles. The molecule has 3 aromatic carbocycles. The molecule has 0 atom stereocenters. The number of aromatic carboxylic acids is 1. The number of phenolic OH excluding ortho intramolecular Hbond substituents is 1. The van der Waals surface area contributed by atoms with Crippen molar-refractivity contribution in [3.63, 3.8) is 0 Å². The van der Waals surface area contributed by atoms with Crippen LogP contribution in [0.4, 0.5) is 0 Å². The Labute approximate surface area is 188 Å². The van der Waals surface area contributed by atoms with Crippen molar-refractivity contribution in [2.75, 3.05) is 14.2 Å². The summed E-state index contributed by atoms with van der Waals surface area (Å²) in [4.78, 5) is 29.2. The molecule has 8 nitrogen and oxygen atoms in total. The Bertz CT molecular complexity index is 1410. The lowest BCUT2D eigenvalue weighted by molar-refractivity contribution is 0.0697. The molecular weight excluding hydrogens is 424 g/mol. The van der Waals surface area contributed by atoms with Gasteiger partial charge in [-0.15, -0.1) is 0 Å². The minimum absolute atomic E-state index is 0.112. The van der Waals surface area contributed by atoms with E-state index in [0.717, 1.165) is 0 Å². The molecule has 0 spiro atoms. The Balaban J connectivity index is 1.89. The van der Waals surface area contributed by atoms with Gasteiger partial charge in [0.05, 0.1) is 36.4 Å². The van der Waals surface area contributed by atoms with E-state index in [2.05, 4.69) is 4.98 Å². The van der Waals surface area contributed by atoms with E-state index in [1.165, 1.54) is 30.9 Å². The first-order valence-corrected chi connectivity index (χ1v) is 9.91. The van der Waals surface area contributed by atoms with Crippen molar-refractivity contribution in [2.24, 2.45) is 0 Å². The Morgan fingerprint density at radius 3 is 2.21 bits per heavy atom. The summed E-state index contributed by atoms with van der Waals surface area (Å²) in [5.74, 6) is -0.352. The number of phenols is 1. The number of para-hydroxylation sites is 1. The third-order valence-electron chi connectivity index (χ3n) is 5.10. The number of carboxylic acid groups (broad SMARTS) is 1. The van der Waals surface area contributed by atoms with Crippen LogP contribution in [-0.2, 0) is 0 Å². The van der Waals surface area contributed by atoms with Gasteiger partial charge in [0.25, 0.3) is 5.56 Å². The molecule has 0 saturated carbocycles. The standard InChI is InChI=1S/C25H20N2O6/c1-32-20-13-15(14-21(33-2)23(20)28)7-12-22-26-19-6-4-3-5-18(19)24(29)27(22)17-10-8-16(9-11-17)25(30)31/h3-14,28H,1-2H3,(H,30,31)/b12-7+. The van der Waals surface area contributed by atoms with Crippen molar-refractivity contribution in [1.82, 2.24) is 9.55 Å². The fourth-order valence-corrected chi connectivity index (χ4v) is 3.45. The molecule has 0 aliphatic heterocycles. The number of fused-ring (bicyclic) bond motifs is 1. The Morgan fingerprint density at radius 2 is 1.61 bits per heavy atom. The summed E-state index contributed by atoms with van der Waals surface area (Å²) in [6.45, 7) is 0. The zero-order chi connectivity index (χ0) is 23.5. The van der Waals surface area contributed by atoms with Gasteiger partial charge in [-0.2, -0.15) is 0 Å². The van der Waals surface area contributed by atoms with Gasteiger partial charge in [0.2, 0.25) is 5.75 Å². The third-order valence-corrected chi connectivity index (χ3v) is 5.10. The lowest BCUT2D eigenvalue weighted by Gasteiger charge is -2.12. The van der Waals surface area contributed by atoms with Crippen LogP contribution in [0.25, 0.3) is 28.7 Å². The van der Waals surface area contributed by atoms with Crippen molar-refractivity contribution < 1.29 is 24.5 Å². The average molecular weight is 444 g/mol. The summed E-state index contributed by atoms with van der Waals surface area (Å²) < 4.78 is 11.8. The van der Waals surface area contributed by atoms with E-state index in [4.69, 9.17) is 9.47 Å². The van der Waals surface area contributed by atoms with E-state index < -0.39 is 5.97 Å². The van der Waals surface area contributed by atoms with Gasteiger partial charge in [-0.25, -0.2) is 9.78 Å². The van der Waals surface area contributed by atoms with Crippen molar-refractivity contribution in [3.8, 4) is 22.9 Å². The molecule has 0 aliphatic rings. The van der Waals surface area contributed by atoms with E-state index >= 15 is 0 Å². The number of aromatic hydroxyl groups is 1. The molecule has 4 aromatic rings. The number of ether oxygens (including phenoxy) is 2. The second-order valence-electron chi connectivity index (χ2n) is 7.09. The lowest BCUT2D eigenvalue weighted by Crippen LogP contribution is -2.22. The summed E-state index contributed by atoms with van der Waals surface area (Å²) >= 11 is 0. The van der Waals surface area contributed by atoms with Gasteiger partial charge in [0.1, 0.15) is 5.82 Å². The number of methoxy groups -OCH3 is 2. The largest absolute Gasteiger partial charge is 0.502 e. The average Bonchev–Trinajstić information content (AvgIpc) is 2.83. The number of hydrogen-bond donors (Lipinski definition) is 2. The predicted molar refractivity (Wildman–Crippen MR) is 124 cm³/mol. The highest BCUT2D eigenvalue weighted by Crippen LogP contribution is 2.37. The van der Waals surface area contributed by atoms with Crippen LogP contribution in [0, 0.1) is 0 Å². The highest BCUT2D eigenvalue weighted by molar-refractivity contribution is 5.88. The fourth-order valence-electron chi connectivity index (χ4n) is 3.45. The molecule has 8 heteroatoms. The predicted octanol–water partition coefficient (Wildman–Crippen LogP) is 3.98. The third kappa shape index (κ3) is 4.14. The van der Waals surface area contributed by atoms with E-state index in [1.807, 2.05) is 0 Å². The topological polar surface area (TPSA) is 111 Å². The molecule has 0 amide bonds. The molecule has 0 bridgehead atoms. The second-order valence-corrected chi connectivity index (χ2v) is 7.09. The van der Waals surface area contributed by atoms with Gasteiger partial charge in [0, 0.05) is 0 Å². The number of benzene rings is 3. The summed E-state index contributed by atoms with van der Waals surface area (Å²) in [6, 6.07) is 16.2. The highest BCUT2D eigenvalue weighted by Gasteiger charge is 2.13. The maximum absolute atomic E-state index is 13.3. The summed E-state index contributed by atoms with van der Waals surface area (Å²) in [6.07, 6.45) is 3.37. The molecule has 2 N–H and O–H groups in total. The minimum Gasteiger partial charge on any atom is -0.502 e. The maximum Gasteiger partial charge on any atom is 0.335 e. The molecule has 0 saturated heterocycles. The smallest absolute Gasteiger partial charge is 0.335 e. The van der Waals surface area contributed by atoms with Gasteiger partial charge in [-0.1, -0.05) is 18.2 Å². The number of aromatic nitrogens is 2. The summed E-state index contributed by atoms with van der Waals surface area (Å²) in [7, 11) is 2.87. The van der Waals surface area contributed by atoms with Crippen LogP contribution in [0.2, 0.25) is 0 Å². The molecule has 0 fully saturated rings. The SMILES string of the molecule is COc1cc(/C=C/c2nc3ccccc3c(=O)n2-c2ccc(C(=O)O)cc2)cc(OC)c1O. The maximum atomic E-state index is 13.3. The van der Waals surface area contributed by atoms with Crippen molar-refractivity contribution in [3.05, 3.63) is 88.0 Å². The molecule has 0 aliphatic carbocycles. The van der Waals surface area contributed by atoms with Crippen LogP contribution in [0.3, 0.4) is 0 Å². The molecule has 1 heterocycles. The van der Waals surface area contributed by atoms with Crippen LogP contribution >= 0.6 is 0 Å². The molecule has 33 heavy (non-hydrogen) atoms. The van der Waals surface area contributed by atoms with Gasteiger partial charge in [-0.05, 0) is 60.2 Å². The van der Waals surface area contributed by atoms with Crippen LogP contribution in [0.1, 0.15) is 21.7 Å². The van der Waals surface area contributed by atoms with Crippen LogP contribution in [0.5, 0.6) is 17.2 Å². The van der Waals surface area contributed by atoms with E-state index in [9.17, 15) is 19.8 Å². The first-order chi connectivity index (χ1) is 15.9. The molecule has 4 rings (SSSR count). The normalized spacial score (nSPS) is 11.1. The Hall–Kier alpha value is -4.59. The van der Waals surface area contributed by atoms with E-state index in [-0.39, 0.29) is 28.4 Å². The molecule has 166 valence electrons. The zero-order valence-electron chi connectivity index (χ0n) is 17.9. The van der Waals surface area contributed by atoms with Crippen LogP contribution in [-0.4, -0.2) is 40.0 Å². The van der Waals surface area contributed by atoms with Crippen LogP contribution in [0.15, 0.2) is 65.5 Å². The van der Waals surface area contributed by atoms with Gasteiger partial charge >= 0.3 is 5.97 Å². The Kier molecular flexibility index (Phi) is 5.82. The van der Waals surface area contributed by atoms with E-state index in [0.29, 0.717) is 28.0 Å². The van der Waals surface area contributed by atoms with Gasteiger partial charge in [-0.3, -0.25) is 9.36 Å².